The molecule has 0 aromatic heterocycles. The number of carbonyl (C=O) groups is 2. The quantitative estimate of drug-likeness (QED) is 0.869. The van der Waals surface area contributed by atoms with Crippen molar-refractivity contribution in [1.82, 2.24) is 15.1 Å². The van der Waals surface area contributed by atoms with Crippen LogP contribution in [-0.2, 0) is 4.79 Å². The normalized spacial score (nSPS) is 27.7. The molecule has 5 rings (SSSR count). The molecule has 3 unspecified atom stereocenters. The molecule has 2 heterocycles. The van der Waals surface area contributed by atoms with E-state index in [2.05, 4.69) is 11.4 Å². The molecule has 3 aliphatic rings. The van der Waals surface area contributed by atoms with Gasteiger partial charge in [0, 0.05) is 31.2 Å². The molecule has 2 amide bonds. The summed E-state index contributed by atoms with van der Waals surface area (Å²) in [6.07, 6.45) is 1.69. The number of carbonyl (C=O) groups excluding carboxylic acids is 2. The maximum absolute atomic E-state index is 12.9. The third-order valence-electron chi connectivity index (χ3n) is 6.69. The average molecular weight is 388 g/mol. The molecule has 3 fully saturated rings. The average Bonchev–Trinajstić information content (AvgIpc) is 3.12. The van der Waals surface area contributed by atoms with Gasteiger partial charge in [0.25, 0.3) is 5.91 Å². The van der Waals surface area contributed by atoms with Crippen LogP contribution in [-0.4, -0.2) is 59.9 Å². The van der Waals surface area contributed by atoms with E-state index in [1.807, 2.05) is 47.4 Å². The Morgan fingerprint density at radius 1 is 1.10 bits per heavy atom. The zero-order valence-corrected chi connectivity index (χ0v) is 16.3. The van der Waals surface area contributed by atoms with Crippen LogP contribution in [0.4, 0.5) is 0 Å². The minimum Gasteiger partial charge on any atom is -0.338 e. The first kappa shape index (κ1) is 18.1. The van der Waals surface area contributed by atoms with Crippen molar-refractivity contribution in [1.29, 1.82) is 5.26 Å². The first-order valence-corrected chi connectivity index (χ1v) is 10.4. The fourth-order valence-corrected chi connectivity index (χ4v) is 5.01. The smallest absolute Gasteiger partial charge is 0.253 e. The highest BCUT2D eigenvalue weighted by atomic mass is 16.2. The Bertz CT molecular complexity index is 1000. The third kappa shape index (κ3) is 3.26. The lowest BCUT2D eigenvalue weighted by Crippen LogP contribution is -2.43. The van der Waals surface area contributed by atoms with Gasteiger partial charge in [-0.25, -0.2) is 0 Å². The summed E-state index contributed by atoms with van der Waals surface area (Å²) in [6, 6.07) is 16.2. The van der Waals surface area contributed by atoms with E-state index in [1.165, 1.54) is 0 Å². The van der Waals surface area contributed by atoms with Crippen LogP contribution in [0.2, 0.25) is 0 Å². The summed E-state index contributed by atoms with van der Waals surface area (Å²) in [6.45, 7) is 2.46. The standard InChI is InChI=1S/C23H24N4O2/c24-11-18-6-3-9-27(18)21(28)12-25-22-19-13-26(14-20(19)22)23(29)17-8-7-15-4-1-2-5-16(15)10-17/h1-2,4-5,7-8,10,18-20,22,25H,3,6,9,12-14H2. The van der Waals surface area contributed by atoms with Crippen LogP contribution in [0.1, 0.15) is 23.2 Å². The van der Waals surface area contributed by atoms with Gasteiger partial charge in [-0.1, -0.05) is 30.3 Å². The number of rotatable bonds is 4. The van der Waals surface area contributed by atoms with Crippen LogP contribution in [0, 0.1) is 23.2 Å². The van der Waals surface area contributed by atoms with E-state index in [9.17, 15) is 9.59 Å². The fourth-order valence-electron chi connectivity index (χ4n) is 5.01. The molecule has 29 heavy (non-hydrogen) atoms. The number of amides is 2. The van der Waals surface area contributed by atoms with Gasteiger partial charge in [-0.3, -0.25) is 9.59 Å². The van der Waals surface area contributed by atoms with Crippen molar-refractivity contribution in [3.8, 4) is 6.07 Å². The van der Waals surface area contributed by atoms with Crippen LogP contribution < -0.4 is 5.32 Å². The minimum atomic E-state index is -0.266. The van der Waals surface area contributed by atoms with Gasteiger partial charge in [0.2, 0.25) is 5.91 Å². The van der Waals surface area contributed by atoms with Crippen molar-refractivity contribution in [2.75, 3.05) is 26.2 Å². The summed E-state index contributed by atoms with van der Waals surface area (Å²) >= 11 is 0. The second kappa shape index (κ2) is 7.16. The van der Waals surface area contributed by atoms with Crippen LogP contribution in [0.25, 0.3) is 10.8 Å². The van der Waals surface area contributed by atoms with E-state index in [0.717, 1.165) is 42.3 Å². The summed E-state index contributed by atoms with van der Waals surface area (Å²) in [5.74, 6) is 0.963. The summed E-state index contributed by atoms with van der Waals surface area (Å²) in [7, 11) is 0. The van der Waals surface area contributed by atoms with E-state index < -0.39 is 0 Å². The van der Waals surface area contributed by atoms with Gasteiger partial charge < -0.3 is 15.1 Å². The van der Waals surface area contributed by atoms with Crippen LogP contribution in [0.15, 0.2) is 42.5 Å². The van der Waals surface area contributed by atoms with Crippen molar-refractivity contribution < 1.29 is 9.59 Å². The highest BCUT2D eigenvalue weighted by Crippen LogP contribution is 2.45. The molecular weight excluding hydrogens is 364 g/mol. The molecule has 6 nitrogen and oxygen atoms in total. The Kier molecular flexibility index (Phi) is 4.48. The van der Waals surface area contributed by atoms with Crippen molar-refractivity contribution >= 4 is 22.6 Å². The predicted octanol–water partition coefficient (Wildman–Crippen LogP) is 2.01. The number of piperidine rings is 1. The van der Waals surface area contributed by atoms with E-state index in [-0.39, 0.29) is 24.4 Å². The highest BCUT2D eigenvalue weighted by molar-refractivity contribution is 5.98. The second-order valence-electron chi connectivity index (χ2n) is 8.38. The largest absolute Gasteiger partial charge is 0.338 e. The Hall–Kier alpha value is -2.91. The van der Waals surface area contributed by atoms with Crippen LogP contribution >= 0.6 is 0 Å². The van der Waals surface area contributed by atoms with Gasteiger partial charge in [-0.05, 0) is 47.6 Å². The molecular formula is C23H24N4O2. The zero-order valence-electron chi connectivity index (χ0n) is 16.3. The lowest BCUT2D eigenvalue weighted by Gasteiger charge is -2.22. The number of nitrogens with one attached hydrogen (secondary N) is 1. The zero-order chi connectivity index (χ0) is 20.0. The molecule has 0 spiro atoms. The number of hydrogen-bond donors (Lipinski definition) is 1. The highest BCUT2D eigenvalue weighted by Gasteiger charge is 2.56. The van der Waals surface area contributed by atoms with E-state index in [0.29, 0.717) is 24.4 Å². The number of hydrogen-bond acceptors (Lipinski definition) is 4. The maximum Gasteiger partial charge on any atom is 0.253 e. The van der Waals surface area contributed by atoms with Crippen molar-refractivity contribution in [2.24, 2.45) is 11.8 Å². The monoisotopic (exact) mass is 388 g/mol. The van der Waals surface area contributed by atoms with E-state index >= 15 is 0 Å². The number of nitrogens with zero attached hydrogens (tertiary/aromatic N) is 3. The molecule has 2 aromatic rings. The van der Waals surface area contributed by atoms with Crippen molar-refractivity contribution in [3.63, 3.8) is 0 Å². The molecule has 148 valence electrons. The molecule has 0 bridgehead atoms. The molecule has 1 aliphatic carbocycles. The summed E-state index contributed by atoms with van der Waals surface area (Å²) in [4.78, 5) is 28.9. The van der Waals surface area contributed by atoms with Gasteiger partial charge >= 0.3 is 0 Å². The summed E-state index contributed by atoms with van der Waals surface area (Å²) < 4.78 is 0. The van der Waals surface area contributed by atoms with Gasteiger partial charge in [0.05, 0.1) is 12.6 Å². The van der Waals surface area contributed by atoms with E-state index in [4.69, 9.17) is 5.26 Å². The second-order valence-corrected chi connectivity index (χ2v) is 8.38. The van der Waals surface area contributed by atoms with E-state index in [1.54, 1.807) is 4.90 Å². The molecule has 2 aliphatic heterocycles. The van der Waals surface area contributed by atoms with Crippen LogP contribution in [0.5, 0.6) is 0 Å². The van der Waals surface area contributed by atoms with Gasteiger partial charge in [-0.15, -0.1) is 0 Å². The van der Waals surface area contributed by atoms with Crippen molar-refractivity contribution in [2.45, 2.75) is 24.9 Å². The molecule has 3 atom stereocenters. The van der Waals surface area contributed by atoms with Gasteiger partial charge in [-0.2, -0.15) is 5.26 Å². The number of fused-ring (bicyclic) bond motifs is 2. The van der Waals surface area contributed by atoms with Gasteiger partial charge in [0.1, 0.15) is 6.04 Å². The maximum atomic E-state index is 12.9. The first-order valence-electron chi connectivity index (χ1n) is 10.4. The topological polar surface area (TPSA) is 76.4 Å². The molecule has 2 aromatic carbocycles. The molecule has 6 heteroatoms. The molecule has 1 N–H and O–H groups in total. The Morgan fingerprint density at radius 2 is 1.86 bits per heavy atom. The number of benzene rings is 2. The fraction of sp³-hybridized carbons (Fsp3) is 0.435. The molecule has 1 saturated carbocycles. The van der Waals surface area contributed by atoms with Crippen molar-refractivity contribution in [3.05, 3.63) is 48.0 Å². The summed E-state index contributed by atoms with van der Waals surface area (Å²) in [5, 5.41) is 14.7. The third-order valence-corrected chi connectivity index (χ3v) is 6.69. The van der Waals surface area contributed by atoms with Crippen LogP contribution in [0.3, 0.4) is 0 Å². The number of nitriles is 1. The minimum absolute atomic E-state index is 0.0168. The Morgan fingerprint density at radius 3 is 2.62 bits per heavy atom. The first-order chi connectivity index (χ1) is 14.2. The van der Waals surface area contributed by atoms with Gasteiger partial charge in [0.15, 0.2) is 0 Å². The Balaban J connectivity index is 1.14. The molecule has 2 saturated heterocycles. The SMILES string of the molecule is N#CC1CCCN1C(=O)CNC1C2CN(C(=O)c3ccc4ccccc4c3)CC21. The molecule has 0 radical (unpaired) electrons. The lowest BCUT2D eigenvalue weighted by molar-refractivity contribution is -0.130. The predicted molar refractivity (Wildman–Crippen MR) is 109 cm³/mol. The lowest BCUT2D eigenvalue weighted by atomic mass is 10.1. The Labute approximate surface area is 170 Å². The number of likely N-dealkylation sites (tertiary alicyclic amines) is 2. The summed E-state index contributed by atoms with van der Waals surface area (Å²) in [5.41, 5.74) is 0.737.